The molecule has 1 aromatic heterocycles. The molecule has 0 spiro atoms. The van der Waals surface area contributed by atoms with Gasteiger partial charge in [-0.05, 0) is 12.1 Å². The van der Waals surface area contributed by atoms with Gasteiger partial charge in [0, 0.05) is 16.5 Å². The highest BCUT2D eigenvalue weighted by Gasteiger charge is 2.15. The van der Waals surface area contributed by atoms with Crippen LogP contribution in [0.15, 0.2) is 60.0 Å². The highest BCUT2D eigenvalue weighted by molar-refractivity contribution is 7.12. The summed E-state index contributed by atoms with van der Waals surface area (Å²) in [5.74, 6) is 0.697. The van der Waals surface area contributed by atoms with Gasteiger partial charge in [0.25, 0.3) is 0 Å². The zero-order valence-corrected chi connectivity index (χ0v) is 12.3. The van der Waals surface area contributed by atoms with E-state index in [2.05, 4.69) is 4.98 Å². The van der Waals surface area contributed by atoms with Crippen LogP contribution in [0.1, 0.15) is 15.4 Å². The Morgan fingerprint density at radius 3 is 2.52 bits per heavy atom. The smallest absolute Gasteiger partial charge is 0.221 e. The molecule has 0 saturated heterocycles. The summed E-state index contributed by atoms with van der Waals surface area (Å²) in [5.41, 5.74) is 2.30. The van der Waals surface area contributed by atoms with Crippen molar-refractivity contribution in [1.82, 2.24) is 4.98 Å². The molecule has 0 aliphatic carbocycles. The number of methoxy groups -OCH3 is 1. The molecule has 0 saturated carbocycles. The number of hydrogen-bond acceptors (Lipinski definition) is 4. The van der Waals surface area contributed by atoms with Gasteiger partial charge >= 0.3 is 0 Å². The lowest BCUT2D eigenvalue weighted by Gasteiger charge is -2.04. The number of rotatable bonds is 4. The Kier molecular flexibility index (Phi) is 3.79. The van der Waals surface area contributed by atoms with Crippen LogP contribution in [0.2, 0.25) is 0 Å². The number of ketones is 1. The molecule has 0 bridgehead atoms. The van der Waals surface area contributed by atoms with E-state index in [1.54, 1.807) is 19.2 Å². The van der Waals surface area contributed by atoms with Crippen molar-refractivity contribution in [1.29, 1.82) is 0 Å². The number of aromatic nitrogens is 1. The maximum Gasteiger partial charge on any atom is 0.221 e. The average molecular weight is 295 g/mol. The monoisotopic (exact) mass is 295 g/mol. The SMILES string of the molecule is COc1ccccc1-c1csc(C(=O)c2ccccc2)n1. The molecule has 0 radical (unpaired) electrons. The van der Waals surface area contributed by atoms with Crippen LogP contribution in [0.3, 0.4) is 0 Å². The molecule has 0 aliphatic rings. The lowest BCUT2D eigenvalue weighted by Crippen LogP contribution is -2.00. The summed E-state index contributed by atoms with van der Waals surface area (Å²) in [4.78, 5) is 16.8. The van der Waals surface area contributed by atoms with Crippen LogP contribution in [0.5, 0.6) is 5.75 Å². The number of nitrogens with zero attached hydrogens (tertiary/aromatic N) is 1. The second-order valence-corrected chi connectivity index (χ2v) is 5.29. The van der Waals surface area contributed by atoms with E-state index >= 15 is 0 Å². The molecule has 0 N–H and O–H groups in total. The van der Waals surface area contributed by atoms with E-state index in [-0.39, 0.29) is 5.78 Å². The standard InChI is InChI=1S/C17H13NO2S/c1-20-15-10-6-5-9-13(15)14-11-21-17(18-14)16(19)12-7-3-2-4-8-12/h2-11H,1H3. The third-order valence-electron chi connectivity index (χ3n) is 3.12. The van der Waals surface area contributed by atoms with Gasteiger partial charge < -0.3 is 4.74 Å². The summed E-state index contributed by atoms with van der Waals surface area (Å²) in [7, 11) is 1.63. The van der Waals surface area contributed by atoms with Gasteiger partial charge in [-0.15, -0.1) is 11.3 Å². The molecule has 3 nitrogen and oxygen atoms in total. The molecule has 2 aromatic carbocycles. The highest BCUT2D eigenvalue weighted by Crippen LogP contribution is 2.30. The van der Waals surface area contributed by atoms with Gasteiger partial charge in [0.05, 0.1) is 12.8 Å². The number of ether oxygens (including phenoxy) is 1. The third kappa shape index (κ3) is 2.71. The predicted molar refractivity (Wildman–Crippen MR) is 84.0 cm³/mol. The van der Waals surface area contributed by atoms with E-state index in [0.717, 1.165) is 17.0 Å². The largest absolute Gasteiger partial charge is 0.496 e. The molecular weight excluding hydrogens is 282 g/mol. The second kappa shape index (κ2) is 5.89. The fraction of sp³-hybridized carbons (Fsp3) is 0.0588. The lowest BCUT2D eigenvalue weighted by atomic mass is 10.1. The Hall–Kier alpha value is -2.46. The minimum absolute atomic E-state index is 0.0539. The summed E-state index contributed by atoms with van der Waals surface area (Å²) in [6.45, 7) is 0. The van der Waals surface area contributed by atoms with Gasteiger partial charge in [-0.1, -0.05) is 42.5 Å². The molecule has 3 aromatic rings. The Morgan fingerprint density at radius 2 is 1.76 bits per heavy atom. The Balaban J connectivity index is 1.95. The topological polar surface area (TPSA) is 39.2 Å². The zero-order chi connectivity index (χ0) is 14.7. The van der Waals surface area contributed by atoms with Crippen LogP contribution >= 0.6 is 11.3 Å². The molecule has 21 heavy (non-hydrogen) atoms. The summed E-state index contributed by atoms with van der Waals surface area (Å²) >= 11 is 1.35. The van der Waals surface area contributed by atoms with Gasteiger partial charge in [0.15, 0.2) is 5.01 Å². The number of benzene rings is 2. The predicted octanol–water partition coefficient (Wildman–Crippen LogP) is 4.05. The van der Waals surface area contributed by atoms with Crippen molar-refractivity contribution in [2.75, 3.05) is 7.11 Å². The average Bonchev–Trinajstić information content (AvgIpc) is 3.04. The van der Waals surface area contributed by atoms with Crippen LogP contribution in [0.4, 0.5) is 0 Å². The molecule has 4 heteroatoms. The van der Waals surface area contributed by atoms with Crippen molar-refractivity contribution in [2.45, 2.75) is 0 Å². The third-order valence-corrected chi connectivity index (χ3v) is 3.96. The van der Waals surface area contributed by atoms with Crippen molar-refractivity contribution in [3.63, 3.8) is 0 Å². The molecular formula is C17H13NO2S. The second-order valence-electron chi connectivity index (χ2n) is 4.43. The zero-order valence-electron chi connectivity index (χ0n) is 11.4. The first-order valence-corrected chi connectivity index (χ1v) is 7.36. The first kappa shape index (κ1) is 13.5. The first-order valence-electron chi connectivity index (χ1n) is 6.48. The molecule has 0 atom stereocenters. The van der Waals surface area contributed by atoms with Crippen molar-refractivity contribution in [3.05, 3.63) is 70.5 Å². The number of hydrogen-bond donors (Lipinski definition) is 0. The van der Waals surface area contributed by atoms with E-state index in [1.165, 1.54) is 11.3 Å². The summed E-state index contributed by atoms with van der Waals surface area (Å²) in [6.07, 6.45) is 0. The normalized spacial score (nSPS) is 10.3. The Morgan fingerprint density at radius 1 is 1.05 bits per heavy atom. The summed E-state index contributed by atoms with van der Waals surface area (Å²) in [6, 6.07) is 16.8. The molecule has 3 rings (SSSR count). The van der Waals surface area contributed by atoms with E-state index in [4.69, 9.17) is 4.74 Å². The minimum Gasteiger partial charge on any atom is -0.496 e. The van der Waals surface area contributed by atoms with Crippen LogP contribution < -0.4 is 4.74 Å². The molecule has 0 unspecified atom stereocenters. The van der Waals surface area contributed by atoms with Crippen LogP contribution in [0, 0.1) is 0 Å². The van der Waals surface area contributed by atoms with E-state index in [0.29, 0.717) is 10.6 Å². The van der Waals surface area contributed by atoms with Crippen LogP contribution in [-0.4, -0.2) is 17.9 Å². The van der Waals surface area contributed by atoms with E-state index in [1.807, 2.05) is 47.8 Å². The lowest BCUT2D eigenvalue weighted by molar-refractivity contribution is 0.103. The first-order chi connectivity index (χ1) is 10.3. The van der Waals surface area contributed by atoms with E-state index < -0.39 is 0 Å². The van der Waals surface area contributed by atoms with Gasteiger partial charge in [-0.25, -0.2) is 4.98 Å². The van der Waals surface area contributed by atoms with E-state index in [9.17, 15) is 4.79 Å². The molecule has 104 valence electrons. The maximum atomic E-state index is 12.4. The van der Waals surface area contributed by atoms with Crippen LogP contribution in [0.25, 0.3) is 11.3 Å². The quantitative estimate of drug-likeness (QED) is 0.682. The highest BCUT2D eigenvalue weighted by atomic mass is 32.1. The molecule has 0 fully saturated rings. The van der Waals surface area contributed by atoms with Crippen molar-refractivity contribution in [3.8, 4) is 17.0 Å². The van der Waals surface area contributed by atoms with Gasteiger partial charge in [-0.3, -0.25) is 4.79 Å². The van der Waals surface area contributed by atoms with Crippen molar-refractivity contribution >= 4 is 17.1 Å². The molecule has 0 aliphatic heterocycles. The number of thiazole rings is 1. The van der Waals surface area contributed by atoms with Crippen molar-refractivity contribution in [2.24, 2.45) is 0 Å². The summed E-state index contributed by atoms with van der Waals surface area (Å²) < 4.78 is 5.33. The fourth-order valence-corrected chi connectivity index (χ4v) is 2.85. The van der Waals surface area contributed by atoms with Crippen molar-refractivity contribution < 1.29 is 9.53 Å². The number of carbonyl (C=O) groups excluding carboxylic acids is 1. The summed E-state index contributed by atoms with van der Waals surface area (Å²) in [5, 5.41) is 2.37. The fourth-order valence-electron chi connectivity index (χ4n) is 2.07. The maximum absolute atomic E-state index is 12.4. The molecule has 0 amide bonds. The molecule has 1 heterocycles. The minimum atomic E-state index is -0.0539. The van der Waals surface area contributed by atoms with Gasteiger partial charge in [0.2, 0.25) is 5.78 Å². The Labute approximate surface area is 126 Å². The number of para-hydroxylation sites is 1. The Bertz CT molecular complexity index is 765. The van der Waals surface area contributed by atoms with Crippen LogP contribution in [-0.2, 0) is 0 Å². The number of carbonyl (C=O) groups is 1. The van der Waals surface area contributed by atoms with Gasteiger partial charge in [0.1, 0.15) is 5.75 Å². The van der Waals surface area contributed by atoms with Gasteiger partial charge in [-0.2, -0.15) is 0 Å².